The van der Waals surface area contributed by atoms with Crippen LogP contribution in [0.15, 0.2) is 0 Å². The summed E-state index contributed by atoms with van der Waals surface area (Å²) in [7, 11) is 0. The Hall–Kier alpha value is -1.06. The van der Waals surface area contributed by atoms with Gasteiger partial charge in [0.05, 0.1) is 12.0 Å². The minimum atomic E-state index is -1.05. The first-order valence-electron chi connectivity index (χ1n) is 6.28. The summed E-state index contributed by atoms with van der Waals surface area (Å²) in [6, 6.07) is 0. The second-order valence-electron chi connectivity index (χ2n) is 5.45. The number of ether oxygens (including phenoxy) is 2. The number of carbonyl (C=O) groups is 2. The highest BCUT2D eigenvalue weighted by atomic mass is 16.6. The van der Waals surface area contributed by atoms with Crippen LogP contribution in [0, 0.1) is 10.8 Å². The molecule has 1 aliphatic carbocycles. The van der Waals surface area contributed by atoms with Gasteiger partial charge < -0.3 is 9.47 Å². The topological polar surface area (TPSA) is 52.6 Å². The quantitative estimate of drug-likeness (QED) is 0.708. The van der Waals surface area contributed by atoms with Crippen LogP contribution in [0.5, 0.6) is 0 Å². The van der Waals surface area contributed by atoms with Gasteiger partial charge in [0.15, 0.2) is 0 Å². The molecule has 0 amide bonds. The normalized spacial score (nSPS) is 43.6. The van der Waals surface area contributed by atoms with E-state index >= 15 is 0 Å². The second kappa shape index (κ2) is 3.47. The van der Waals surface area contributed by atoms with Gasteiger partial charge in [-0.1, -0.05) is 13.8 Å². The first kappa shape index (κ1) is 12.4. The standard InChI is InChI=1S/C13H20O4/c1-5-12(4)11(3)7-8-13(12,17-9(11)14)10(15)16-6-2/h5-8H2,1-4H3. The maximum atomic E-state index is 12.2. The van der Waals surface area contributed by atoms with Gasteiger partial charge in [-0.25, -0.2) is 4.79 Å². The number of fused-ring (bicyclic) bond motifs is 2. The van der Waals surface area contributed by atoms with E-state index in [0.29, 0.717) is 19.4 Å². The molecular weight excluding hydrogens is 220 g/mol. The van der Waals surface area contributed by atoms with Crippen LogP contribution in [0.3, 0.4) is 0 Å². The third-order valence-corrected chi connectivity index (χ3v) is 5.12. The number of carbonyl (C=O) groups excluding carboxylic acids is 2. The van der Waals surface area contributed by atoms with E-state index in [9.17, 15) is 9.59 Å². The monoisotopic (exact) mass is 240 g/mol. The van der Waals surface area contributed by atoms with Gasteiger partial charge in [0.1, 0.15) is 0 Å². The highest BCUT2D eigenvalue weighted by Gasteiger charge is 2.77. The molecule has 4 heteroatoms. The van der Waals surface area contributed by atoms with Crippen LogP contribution in [-0.4, -0.2) is 24.1 Å². The van der Waals surface area contributed by atoms with Crippen molar-refractivity contribution in [1.29, 1.82) is 0 Å². The molecule has 2 aliphatic rings. The van der Waals surface area contributed by atoms with Crippen molar-refractivity contribution in [2.24, 2.45) is 10.8 Å². The van der Waals surface area contributed by atoms with Gasteiger partial charge in [-0.15, -0.1) is 0 Å². The van der Waals surface area contributed by atoms with E-state index in [1.54, 1.807) is 6.92 Å². The van der Waals surface area contributed by atoms with Gasteiger partial charge in [0.2, 0.25) is 5.60 Å². The number of hydrogen-bond acceptors (Lipinski definition) is 4. The molecule has 0 radical (unpaired) electrons. The second-order valence-corrected chi connectivity index (χ2v) is 5.45. The van der Waals surface area contributed by atoms with Crippen LogP contribution < -0.4 is 0 Å². The van der Waals surface area contributed by atoms with Gasteiger partial charge in [0, 0.05) is 5.41 Å². The lowest BCUT2D eigenvalue weighted by Crippen LogP contribution is -2.50. The minimum absolute atomic E-state index is 0.249. The van der Waals surface area contributed by atoms with Crippen LogP contribution in [0.4, 0.5) is 0 Å². The summed E-state index contributed by atoms with van der Waals surface area (Å²) in [5.41, 5.74) is -2.05. The van der Waals surface area contributed by atoms with Gasteiger partial charge in [-0.3, -0.25) is 4.79 Å². The third kappa shape index (κ3) is 1.14. The van der Waals surface area contributed by atoms with Gasteiger partial charge in [-0.2, -0.15) is 0 Å². The van der Waals surface area contributed by atoms with Crippen molar-refractivity contribution in [3.05, 3.63) is 0 Å². The zero-order valence-corrected chi connectivity index (χ0v) is 11.0. The lowest BCUT2D eigenvalue weighted by atomic mass is 9.63. The van der Waals surface area contributed by atoms with Gasteiger partial charge in [0.25, 0.3) is 0 Å². The summed E-state index contributed by atoms with van der Waals surface area (Å²) in [6.45, 7) is 7.96. The Morgan fingerprint density at radius 2 is 2.00 bits per heavy atom. The molecule has 0 aromatic rings. The third-order valence-electron chi connectivity index (χ3n) is 5.12. The summed E-state index contributed by atoms with van der Waals surface area (Å²) in [5.74, 6) is -0.625. The lowest BCUT2D eigenvalue weighted by molar-refractivity contribution is -0.183. The van der Waals surface area contributed by atoms with Crippen LogP contribution in [-0.2, 0) is 19.1 Å². The molecule has 3 atom stereocenters. The zero-order valence-electron chi connectivity index (χ0n) is 11.0. The molecule has 0 aromatic carbocycles. The fourth-order valence-electron chi connectivity index (χ4n) is 3.48. The van der Waals surface area contributed by atoms with E-state index in [1.165, 1.54) is 0 Å². The molecule has 1 saturated carbocycles. The van der Waals surface area contributed by atoms with Crippen LogP contribution in [0.25, 0.3) is 0 Å². The van der Waals surface area contributed by atoms with Crippen molar-refractivity contribution in [2.45, 2.75) is 52.6 Å². The molecule has 3 unspecified atom stereocenters. The van der Waals surface area contributed by atoms with Crippen molar-refractivity contribution < 1.29 is 19.1 Å². The molecule has 17 heavy (non-hydrogen) atoms. The zero-order chi connectivity index (χ0) is 12.9. The summed E-state index contributed by atoms with van der Waals surface area (Å²) in [4.78, 5) is 24.2. The number of rotatable bonds is 3. The van der Waals surface area contributed by atoms with Crippen LogP contribution in [0.1, 0.15) is 47.0 Å². The SMILES string of the molecule is CCOC(=O)C12CCC(C)(C(=O)O1)C2(C)CC. The molecule has 0 N–H and O–H groups in total. The molecular formula is C13H20O4. The van der Waals surface area contributed by atoms with Crippen molar-refractivity contribution in [3.8, 4) is 0 Å². The van der Waals surface area contributed by atoms with E-state index < -0.39 is 16.4 Å². The molecule has 2 bridgehead atoms. The van der Waals surface area contributed by atoms with Crippen LogP contribution in [0.2, 0.25) is 0 Å². The van der Waals surface area contributed by atoms with E-state index in [0.717, 1.165) is 6.42 Å². The molecule has 2 fully saturated rings. The van der Waals surface area contributed by atoms with Crippen molar-refractivity contribution >= 4 is 11.9 Å². The molecule has 1 heterocycles. The van der Waals surface area contributed by atoms with E-state index in [4.69, 9.17) is 9.47 Å². The maximum Gasteiger partial charge on any atom is 0.351 e. The molecule has 96 valence electrons. The van der Waals surface area contributed by atoms with E-state index in [-0.39, 0.29) is 11.9 Å². The highest BCUT2D eigenvalue weighted by molar-refractivity contribution is 5.93. The Kier molecular flexibility index (Phi) is 2.53. The average molecular weight is 240 g/mol. The van der Waals surface area contributed by atoms with E-state index in [2.05, 4.69) is 0 Å². The summed E-state index contributed by atoms with van der Waals surface area (Å²) in [6.07, 6.45) is 2.02. The first-order chi connectivity index (χ1) is 7.88. The molecule has 4 nitrogen and oxygen atoms in total. The molecule has 0 spiro atoms. The number of hydrogen-bond donors (Lipinski definition) is 0. The summed E-state index contributed by atoms with van der Waals surface area (Å²) < 4.78 is 10.6. The molecule has 1 aliphatic heterocycles. The minimum Gasteiger partial charge on any atom is -0.463 e. The smallest absolute Gasteiger partial charge is 0.351 e. The summed E-state index contributed by atoms with van der Waals surface area (Å²) in [5, 5.41) is 0. The van der Waals surface area contributed by atoms with Gasteiger partial charge in [-0.05, 0) is 33.1 Å². The Bertz CT molecular complexity index is 378. The van der Waals surface area contributed by atoms with E-state index in [1.807, 2.05) is 20.8 Å². The van der Waals surface area contributed by atoms with Gasteiger partial charge >= 0.3 is 11.9 Å². The molecule has 1 saturated heterocycles. The van der Waals surface area contributed by atoms with Crippen molar-refractivity contribution in [2.75, 3.05) is 6.61 Å². The number of esters is 2. The predicted octanol–water partition coefficient (Wildman–Crippen LogP) is 2.06. The Morgan fingerprint density at radius 3 is 2.47 bits per heavy atom. The lowest BCUT2D eigenvalue weighted by Gasteiger charge is -2.37. The van der Waals surface area contributed by atoms with Crippen LogP contribution >= 0.6 is 0 Å². The fraction of sp³-hybridized carbons (Fsp3) is 0.846. The largest absolute Gasteiger partial charge is 0.463 e. The predicted molar refractivity (Wildman–Crippen MR) is 61.2 cm³/mol. The highest BCUT2D eigenvalue weighted by Crippen LogP contribution is 2.67. The molecule has 2 rings (SSSR count). The van der Waals surface area contributed by atoms with Crippen molar-refractivity contribution in [1.82, 2.24) is 0 Å². The van der Waals surface area contributed by atoms with Crippen molar-refractivity contribution in [3.63, 3.8) is 0 Å². The Labute approximate surface area is 102 Å². The Balaban J connectivity index is 2.48. The average Bonchev–Trinajstić information content (AvgIpc) is 2.62. The Morgan fingerprint density at radius 1 is 1.35 bits per heavy atom. The fourth-order valence-corrected chi connectivity index (χ4v) is 3.48. The summed E-state index contributed by atoms with van der Waals surface area (Å²) >= 11 is 0. The maximum absolute atomic E-state index is 12.2. The molecule has 0 aromatic heterocycles. The first-order valence-corrected chi connectivity index (χ1v) is 6.28.